The van der Waals surface area contributed by atoms with Gasteiger partial charge in [-0.3, -0.25) is 33.6 Å². The molecule has 8 atom stereocenters. The summed E-state index contributed by atoms with van der Waals surface area (Å²) in [6.45, 7) is 8.08. The Morgan fingerprint density at radius 1 is 0.816 bits per heavy atom. The van der Waals surface area contributed by atoms with Gasteiger partial charge < -0.3 is 47.6 Å². The number of amides is 5. The number of phenolic OH excluding ortho intramolecular Hbond substituents is 1. The highest BCUT2D eigenvalue weighted by molar-refractivity contribution is 7.80. The largest absolute Gasteiger partial charge is 0.508 e. The Bertz CT molecular complexity index is 1300. The van der Waals surface area contributed by atoms with Crippen molar-refractivity contribution in [3.05, 3.63) is 29.8 Å². The lowest BCUT2D eigenvalue weighted by Crippen LogP contribution is -2.61. The number of aromatic hydroxyl groups is 1. The fourth-order valence-corrected chi connectivity index (χ4v) is 4.63. The first-order chi connectivity index (χ1) is 22.9. The van der Waals surface area contributed by atoms with E-state index in [0.29, 0.717) is 12.0 Å². The van der Waals surface area contributed by atoms with Crippen LogP contribution in [0.25, 0.3) is 0 Å². The second-order valence-electron chi connectivity index (χ2n) is 12.2. The van der Waals surface area contributed by atoms with E-state index in [1.807, 2.05) is 0 Å². The van der Waals surface area contributed by atoms with Crippen LogP contribution in [-0.2, 0) is 40.0 Å². The summed E-state index contributed by atoms with van der Waals surface area (Å²) < 4.78 is 0. The Labute approximate surface area is 291 Å². The lowest BCUT2D eigenvalue weighted by Gasteiger charge is -2.29. The van der Waals surface area contributed by atoms with Crippen LogP contribution in [0, 0.1) is 11.8 Å². The minimum atomic E-state index is -1.38. The molecule has 273 valence electrons. The van der Waals surface area contributed by atoms with Crippen LogP contribution < -0.4 is 32.3 Å². The molecule has 0 heterocycles. The average molecular weight is 710 g/mol. The molecular formula is C32H49N6O10S. The Morgan fingerprint density at radius 3 is 1.84 bits per heavy atom. The fourth-order valence-electron chi connectivity index (χ4n) is 4.37. The summed E-state index contributed by atoms with van der Waals surface area (Å²) in [5.74, 6) is -6.39. The molecular weight excluding hydrogens is 660 g/mol. The maximum atomic E-state index is 13.6. The molecule has 5 amide bonds. The highest BCUT2D eigenvalue weighted by Gasteiger charge is 2.34. The van der Waals surface area contributed by atoms with Crippen LogP contribution in [0.5, 0.6) is 5.75 Å². The van der Waals surface area contributed by atoms with E-state index >= 15 is 0 Å². The lowest BCUT2D eigenvalue weighted by molar-refractivity contribution is -0.138. The molecule has 49 heavy (non-hydrogen) atoms. The first-order valence-corrected chi connectivity index (χ1v) is 16.5. The second kappa shape index (κ2) is 21.0. The number of hydrogen-bond donors (Lipinski definition) is 10. The van der Waals surface area contributed by atoms with Gasteiger partial charge in [0.2, 0.25) is 35.8 Å². The SMILES string of the molecule is CC[C@H](C)[C@H](NC(=O)[C@H](Cc1ccc(O)cc1)NC(=O)[C@@H](N)[C@@H](C)O)C(=O)N[C@@H](CS)C(=O)N[C@@H](CCC(=O)O)C(=O)N[C@H]([C]=O)C(C)C. The number of carboxylic acid groups (broad SMARTS) is 1. The van der Waals surface area contributed by atoms with Gasteiger partial charge in [0, 0.05) is 18.6 Å². The second-order valence-corrected chi connectivity index (χ2v) is 12.5. The smallest absolute Gasteiger partial charge is 0.303 e. The molecule has 0 saturated heterocycles. The van der Waals surface area contributed by atoms with Crippen molar-refractivity contribution in [1.82, 2.24) is 26.6 Å². The summed E-state index contributed by atoms with van der Waals surface area (Å²) >= 11 is 4.16. The number of phenols is 1. The Kier molecular flexibility index (Phi) is 18.3. The molecule has 1 aromatic rings. The number of carboxylic acids is 1. The first kappa shape index (κ1) is 42.8. The number of hydrogen-bond acceptors (Lipinski definition) is 11. The number of thiol groups is 1. The van der Waals surface area contributed by atoms with E-state index in [4.69, 9.17) is 10.8 Å². The molecule has 1 radical (unpaired) electrons. The molecule has 1 rings (SSSR count). The van der Waals surface area contributed by atoms with Crippen LogP contribution in [-0.4, -0.2) is 105 Å². The van der Waals surface area contributed by atoms with Gasteiger partial charge in [-0.2, -0.15) is 12.6 Å². The van der Waals surface area contributed by atoms with Gasteiger partial charge >= 0.3 is 5.97 Å². The highest BCUT2D eigenvalue weighted by Crippen LogP contribution is 2.14. The summed E-state index contributed by atoms with van der Waals surface area (Å²) in [4.78, 5) is 88.6. The van der Waals surface area contributed by atoms with E-state index < -0.39 is 90.2 Å². The van der Waals surface area contributed by atoms with Crippen LogP contribution in [0.3, 0.4) is 0 Å². The maximum Gasteiger partial charge on any atom is 0.303 e. The number of aliphatic hydroxyl groups excluding tert-OH is 1. The van der Waals surface area contributed by atoms with Crippen LogP contribution in [0.4, 0.5) is 0 Å². The van der Waals surface area contributed by atoms with Crippen LogP contribution in [0.15, 0.2) is 24.3 Å². The van der Waals surface area contributed by atoms with Gasteiger partial charge in [0.1, 0.15) is 36.0 Å². The minimum Gasteiger partial charge on any atom is -0.508 e. The van der Waals surface area contributed by atoms with E-state index in [2.05, 4.69) is 39.2 Å². The molecule has 0 aromatic heterocycles. The molecule has 0 bridgehead atoms. The summed E-state index contributed by atoms with van der Waals surface area (Å²) in [5, 5.41) is 41.1. The van der Waals surface area contributed by atoms with Crippen LogP contribution in [0.2, 0.25) is 0 Å². The molecule has 16 nitrogen and oxygen atoms in total. The van der Waals surface area contributed by atoms with Crippen LogP contribution in [0.1, 0.15) is 59.4 Å². The Hall–Kier alpha value is -4.22. The zero-order chi connectivity index (χ0) is 37.4. The maximum absolute atomic E-state index is 13.6. The number of carbonyl (C=O) groups is 6. The normalized spacial score (nSPS) is 16.0. The molecule has 0 fully saturated rings. The first-order valence-electron chi connectivity index (χ1n) is 15.9. The lowest BCUT2D eigenvalue weighted by atomic mass is 9.96. The number of nitrogens with one attached hydrogen (secondary N) is 5. The standard InChI is InChI=1S/C32H49N6O10S/c1-6-17(4)27(38-29(45)22(35-31(47)26(33)18(5)40)13-19-7-9-20(41)10-8-19)32(48)37-24(15-49)30(46)34-21(11-12-25(42)43)28(44)36-23(14-39)16(2)3/h7-10,16-18,21-24,26-27,40-41,49H,6,11-13,15,33H2,1-5H3,(H,34,46)(H,35,47)(H,36,44)(H,37,48)(H,38,45)(H,42,43)/t17-,18+,21-,22-,23+,24-,26-,27-/m0/s1. The summed E-state index contributed by atoms with van der Waals surface area (Å²) in [7, 11) is 0. The van der Waals surface area contributed by atoms with Crippen molar-refractivity contribution >= 4 is 54.4 Å². The van der Waals surface area contributed by atoms with Crippen molar-refractivity contribution in [3.63, 3.8) is 0 Å². The number of benzene rings is 1. The molecule has 0 saturated carbocycles. The predicted molar refractivity (Wildman–Crippen MR) is 182 cm³/mol. The van der Waals surface area contributed by atoms with Crippen molar-refractivity contribution in [3.8, 4) is 5.75 Å². The van der Waals surface area contributed by atoms with Crippen molar-refractivity contribution in [2.24, 2.45) is 17.6 Å². The zero-order valence-electron chi connectivity index (χ0n) is 28.3. The highest BCUT2D eigenvalue weighted by atomic mass is 32.1. The Morgan fingerprint density at radius 2 is 1.35 bits per heavy atom. The number of rotatable bonds is 21. The molecule has 0 aliphatic heterocycles. The molecule has 0 aliphatic carbocycles. The summed E-state index contributed by atoms with van der Waals surface area (Å²) in [6.07, 6.45) is -0.00837. The topological polar surface area (TPSA) is 266 Å². The number of carbonyl (C=O) groups excluding carboxylic acids is 6. The molecule has 17 heteroatoms. The average Bonchev–Trinajstić information content (AvgIpc) is 3.05. The number of aliphatic carboxylic acids is 1. The Balaban J connectivity index is 3.23. The van der Waals surface area contributed by atoms with E-state index in [1.54, 1.807) is 34.0 Å². The van der Waals surface area contributed by atoms with E-state index in [0.717, 1.165) is 0 Å². The molecule has 0 spiro atoms. The third kappa shape index (κ3) is 14.4. The van der Waals surface area contributed by atoms with Crippen molar-refractivity contribution < 1.29 is 48.9 Å². The minimum absolute atomic E-state index is 0.0192. The van der Waals surface area contributed by atoms with Crippen molar-refractivity contribution in [2.75, 3.05) is 5.75 Å². The molecule has 1 aromatic carbocycles. The summed E-state index contributed by atoms with van der Waals surface area (Å²) in [6, 6.07) is -1.71. The van der Waals surface area contributed by atoms with Gasteiger partial charge in [0.15, 0.2) is 0 Å². The molecule has 0 aliphatic rings. The third-order valence-corrected chi connectivity index (χ3v) is 8.18. The summed E-state index contributed by atoms with van der Waals surface area (Å²) in [5.41, 5.74) is 6.31. The van der Waals surface area contributed by atoms with Crippen molar-refractivity contribution in [1.29, 1.82) is 0 Å². The predicted octanol–water partition coefficient (Wildman–Crippen LogP) is -1.33. The third-order valence-electron chi connectivity index (χ3n) is 7.81. The van der Waals surface area contributed by atoms with Gasteiger partial charge in [-0.25, -0.2) is 0 Å². The van der Waals surface area contributed by atoms with Gasteiger partial charge in [0.05, 0.1) is 12.1 Å². The van der Waals surface area contributed by atoms with Gasteiger partial charge in [-0.1, -0.05) is 46.2 Å². The molecule has 10 N–H and O–H groups in total. The van der Waals surface area contributed by atoms with Gasteiger partial charge in [-0.15, -0.1) is 0 Å². The van der Waals surface area contributed by atoms with Gasteiger partial charge in [0.25, 0.3) is 0 Å². The van der Waals surface area contributed by atoms with E-state index in [1.165, 1.54) is 31.2 Å². The van der Waals surface area contributed by atoms with Crippen LogP contribution >= 0.6 is 12.6 Å². The fraction of sp³-hybridized carbons (Fsp3) is 0.594. The molecule has 0 unspecified atom stereocenters. The number of aliphatic hydroxyl groups is 1. The van der Waals surface area contributed by atoms with Gasteiger partial charge in [-0.05, 0) is 42.9 Å². The van der Waals surface area contributed by atoms with Crippen molar-refractivity contribution in [2.45, 2.75) is 103 Å². The quantitative estimate of drug-likeness (QED) is 0.0669. The monoisotopic (exact) mass is 709 g/mol. The number of nitrogens with two attached hydrogens (primary N) is 1. The zero-order valence-corrected chi connectivity index (χ0v) is 29.2. The van der Waals surface area contributed by atoms with E-state index in [-0.39, 0.29) is 30.3 Å². The van der Waals surface area contributed by atoms with E-state index in [9.17, 15) is 43.8 Å².